The van der Waals surface area contributed by atoms with Gasteiger partial charge in [0.15, 0.2) is 0 Å². The van der Waals surface area contributed by atoms with Gasteiger partial charge in [-0.3, -0.25) is 10.1 Å². The maximum Gasteiger partial charge on any atom is 0.269 e. The van der Waals surface area contributed by atoms with Crippen LogP contribution in [0.15, 0.2) is 24.3 Å². The fraction of sp³-hybridized carbons (Fsp3) is 0.400. The largest absolute Gasteiger partial charge is 0.269 e. The molecule has 0 bridgehead atoms. The summed E-state index contributed by atoms with van der Waals surface area (Å²) in [7, 11) is 0. The number of hydrogen-bond donors (Lipinski definition) is 0. The van der Waals surface area contributed by atoms with E-state index in [4.69, 9.17) is 0 Å². The molecule has 0 spiro atoms. The van der Waals surface area contributed by atoms with E-state index in [1.54, 1.807) is 12.1 Å². The van der Waals surface area contributed by atoms with Gasteiger partial charge in [0.25, 0.3) is 5.69 Å². The van der Waals surface area contributed by atoms with Crippen molar-refractivity contribution >= 4 is 21.6 Å². The van der Waals surface area contributed by atoms with Gasteiger partial charge < -0.3 is 0 Å². The Bertz CT molecular complexity index is 367. The first-order valence-electron chi connectivity index (χ1n) is 4.52. The molecule has 14 heavy (non-hydrogen) atoms. The molecule has 0 heterocycles. The zero-order valence-electron chi connectivity index (χ0n) is 7.52. The quantitative estimate of drug-likeness (QED) is 0.473. The lowest BCUT2D eigenvalue weighted by Gasteiger charge is -1.98. The second-order valence-electron chi connectivity index (χ2n) is 3.61. The van der Waals surface area contributed by atoms with Crippen molar-refractivity contribution < 1.29 is 4.92 Å². The average molecular weight is 256 g/mol. The van der Waals surface area contributed by atoms with E-state index in [1.165, 1.54) is 6.07 Å². The summed E-state index contributed by atoms with van der Waals surface area (Å²) in [6.45, 7) is 0. The number of benzene rings is 1. The summed E-state index contributed by atoms with van der Waals surface area (Å²) in [6, 6.07) is 6.96. The van der Waals surface area contributed by atoms with Crippen LogP contribution < -0.4 is 0 Å². The van der Waals surface area contributed by atoms with Crippen molar-refractivity contribution in [1.82, 2.24) is 0 Å². The number of rotatable bonds is 3. The maximum atomic E-state index is 10.5. The molecule has 0 aliphatic heterocycles. The summed E-state index contributed by atoms with van der Waals surface area (Å²) >= 11 is 3.43. The van der Waals surface area contributed by atoms with E-state index in [0.717, 1.165) is 17.3 Å². The zero-order valence-corrected chi connectivity index (χ0v) is 9.11. The van der Waals surface area contributed by atoms with Crippen LogP contribution in [0.3, 0.4) is 0 Å². The molecule has 4 heteroatoms. The third-order valence-electron chi connectivity index (χ3n) is 2.63. The summed E-state index contributed by atoms with van der Waals surface area (Å²) in [5, 5.41) is 11.5. The predicted octanol–water partition coefficient (Wildman–Crippen LogP) is 3.09. The summed E-state index contributed by atoms with van der Waals surface area (Å²) in [4.78, 5) is 10.2. The normalized spacial score (nSPS) is 24.6. The minimum Gasteiger partial charge on any atom is -0.258 e. The number of nitro groups is 1. The van der Waals surface area contributed by atoms with Crippen molar-refractivity contribution in [2.45, 2.75) is 12.3 Å². The number of non-ortho nitro benzene ring substituents is 1. The Kier molecular flexibility index (Phi) is 2.54. The summed E-state index contributed by atoms with van der Waals surface area (Å²) in [5.74, 6) is 1.19. The van der Waals surface area contributed by atoms with Crippen LogP contribution in [0, 0.1) is 16.0 Å². The first kappa shape index (κ1) is 9.65. The molecule has 1 fully saturated rings. The van der Waals surface area contributed by atoms with Gasteiger partial charge in [-0.25, -0.2) is 0 Å². The monoisotopic (exact) mass is 255 g/mol. The van der Waals surface area contributed by atoms with Gasteiger partial charge in [-0.1, -0.05) is 28.1 Å². The third kappa shape index (κ3) is 1.80. The Hall–Kier alpha value is -0.900. The minimum absolute atomic E-state index is 0.197. The molecule has 1 aliphatic carbocycles. The molecule has 2 unspecified atom stereocenters. The van der Waals surface area contributed by atoms with E-state index in [9.17, 15) is 10.1 Å². The Morgan fingerprint density at radius 1 is 1.57 bits per heavy atom. The number of hydrogen-bond acceptors (Lipinski definition) is 2. The standard InChI is InChI=1S/C10H10BrNO2/c11-6-8-5-10(8)7-2-1-3-9(4-7)12(13)14/h1-4,8,10H,5-6H2. The fourth-order valence-electron chi connectivity index (χ4n) is 1.70. The van der Waals surface area contributed by atoms with Crippen molar-refractivity contribution in [2.24, 2.45) is 5.92 Å². The third-order valence-corrected chi connectivity index (χ3v) is 3.46. The van der Waals surface area contributed by atoms with Gasteiger partial charge in [0, 0.05) is 17.5 Å². The van der Waals surface area contributed by atoms with Gasteiger partial charge in [-0.05, 0) is 23.8 Å². The molecule has 0 saturated heterocycles. The van der Waals surface area contributed by atoms with E-state index >= 15 is 0 Å². The number of alkyl halides is 1. The van der Waals surface area contributed by atoms with Crippen molar-refractivity contribution in [3.8, 4) is 0 Å². The molecule has 3 nitrogen and oxygen atoms in total. The van der Waals surface area contributed by atoms with E-state index in [1.807, 2.05) is 6.07 Å². The van der Waals surface area contributed by atoms with Crippen molar-refractivity contribution in [3.05, 3.63) is 39.9 Å². The molecule has 74 valence electrons. The lowest BCUT2D eigenvalue weighted by Crippen LogP contribution is -1.90. The van der Waals surface area contributed by atoms with Gasteiger partial charge in [0.2, 0.25) is 0 Å². The average Bonchev–Trinajstić information content (AvgIpc) is 2.97. The Morgan fingerprint density at radius 2 is 2.36 bits per heavy atom. The highest BCUT2D eigenvalue weighted by molar-refractivity contribution is 9.09. The number of nitrogens with zero attached hydrogens (tertiary/aromatic N) is 1. The first-order valence-corrected chi connectivity index (χ1v) is 5.65. The fourth-order valence-corrected chi connectivity index (χ4v) is 2.41. The maximum absolute atomic E-state index is 10.5. The van der Waals surface area contributed by atoms with E-state index in [2.05, 4.69) is 15.9 Å². The predicted molar refractivity (Wildman–Crippen MR) is 57.7 cm³/mol. The number of nitro benzene ring substituents is 1. The van der Waals surface area contributed by atoms with Gasteiger partial charge in [0.1, 0.15) is 0 Å². The molecule has 1 saturated carbocycles. The lowest BCUT2D eigenvalue weighted by molar-refractivity contribution is -0.384. The molecule has 2 atom stereocenters. The molecule has 1 aromatic rings. The Labute approximate surface area is 90.4 Å². The summed E-state index contributed by atoms with van der Waals surface area (Å²) < 4.78 is 0. The topological polar surface area (TPSA) is 43.1 Å². The molecule has 0 radical (unpaired) electrons. The smallest absolute Gasteiger partial charge is 0.258 e. The molecule has 1 aliphatic rings. The SMILES string of the molecule is O=[N+]([O-])c1cccc(C2CC2CBr)c1. The van der Waals surface area contributed by atoms with Crippen LogP contribution in [-0.4, -0.2) is 10.3 Å². The van der Waals surface area contributed by atoms with E-state index in [0.29, 0.717) is 11.8 Å². The van der Waals surface area contributed by atoms with Gasteiger partial charge in [-0.2, -0.15) is 0 Å². The van der Waals surface area contributed by atoms with Crippen LogP contribution in [0.4, 0.5) is 5.69 Å². The Balaban J connectivity index is 2.19. The molecule has 1 aromatic carbocycles. The van der Waals surface area contributed by atoms with Crippen LogP contribution in [0.1, 0.15) is 17.9 Å². The summed E-state index contributed by atoms with van der Waals surface area (Å²) in [5.41, 5.74) is 1.30. The highest BCUT2D eigenvalue weighted by atomic mass is 79.9. The molecular formula is C10H10BrNO2. The van der Waals surface area contributed by atoms with Crippen LogP contribution in [-0.2, 0) is 0 Å². The lowest BCUT2D eigenvalue weighted by atomic mass is 10.1. The van der Waals surface area contributed by atoms with Gasteiger partial charge >= 0.3 is 0 Å². The number of halogens is 1. The molecule has 2 rings (SSSR count). The molecule has 0 N–H and O–H groups in total. The van der Waals surface area contributed by atoms with Gasteiger partial charge in [0.05, 0.1) is 4.92 Å². The molecule has 0 amide bonds. The summed E-state index contributed by atoms with van der Waals surface area (Å²) in [6.07, 6.45) is 1.15. The highest BCUT2D eigenvalue weighted by Gasteiger charge is 2.37. The highest BCUT2D eigenvalue weighted by Crippen LogP contribution is 2.48. The van der Waals surface area contributed by atoms with Gasteiger partial charge in [-0.15, -0.1) is 0 Å². The van der Waals surface area contributed by atoms with Crippen LogP contribution in [0.2, 0.25) is 0 Å². The Morgan fingerprint density at radius 3 is 2.93 bits per heavy atom. The van der Waals surface area contributed by atoms with Crippen LogP contribution in [0.25, 0.3) is 0 Å². The van der Waals surface area contributed by atoms with Crippen molar-refractivity contribution in [2.75, 3.05) is 5.33 Å². The first-order chi connectivity index (χ1) is 6.72. The second-order valence-corrected chi connectivity index (χ2v) is 4.26. The molecule has 0 aromatic heterocycles. The van der Waals surface area contributed by atoms with E-state index < -0.39 is 0 Å². The van der Waals surface area contributed by atoms with E-state index in [-0.39, 0.29) is 10.6 Å². The zero-order chi connectivity index (χ0) is 10.1. The minimum atomic E-state index is -0.338. The molecular weight excluding hydrogens is 246 g/mol. The van der Waals surface area contributed by atoms with Crippen LogP contribution in [0.5, 0.6) is 0 Å². The van der Waals surface area contributed by atoms with Crippen molar-refractivity contribution in [1.29, 1.82) is 0 Å². The second kappa shape index (κ2) is 3.69. The van der Waals surface area contributed by atoms with Crippen LogP contribution >= 0.6 is 15.9 Å². The van der Waals surface area contributed by atoms with Crippen molar-refractivity contribution in [3.63, 3.8) is 0 Å².